The summed E-state index contributed by atoms with van der Waals surface area (Å²) in [5.41, 5.74) is 2.50. The first kappa shape index (κ1) is 17.4. The fourth-order valence-corrected chi connectivity index (χ4v) is 2.82. The molecule has 1 amide bonds. The summed E-state index contributed by atoms with van der Waals surface area (Å²) >= 11 is 0. The highest BCUT2D eigenvalue weighted by molar-refractivity contribution is 5.92. The van der Waals surface area contributed by atoms with E-state index in [-0.39, 0.29) is 18.3 Å². The molecule has 124 valence electrons. The van der Waals surface area contributed by atoms with Crippen LogP contribution in [0.4, 0.5) is 0 Å². The van der Waals surface area contributed by atoms with Crippen LogP contribution in [0.15, 0.2) is 30.5 Å². The molecule has 1 aromatic carbocycles. The lowest BCUT2D eigenvalue weighted by Gasteiger charge is -2.14. The first-order valence-electron chi connectivity index (χ1n) is 7.60. The molecule has 0 aliphatic carbocycles. The highest BCUT2D eigenvalue weighted by Crippen LogP contribution is 2.18. The minimum absolute atomic E-state index is 0. The van der Waals surface area contributed by atoms with Gasteiger partial charge in [0.25, 0.3) is 5.91 Å². The molecule has 2 aromatic rings. The summed E-state index contributed by atoms with van der Waals surface area (Å²) in [4.78, 5) is 14.4. The maximum Gasteiger partial charge on any atom is 0.276 e. The first-order chi connectivity index (χ1) is 10.7. The van der Waals surface area contributed by atoms with Crippen molar-refractivity contribution in [2.75, 3.05) is 26.7 Å². The second kappa shape index (κ2) is 7.57. The van der Waals surface area contributed by atoms with Crippen LogP contribution in [0.5, 0.6) is 0 Å². The monoisotopic (exact) mass is 335 g/mol. The van der Waals surface area contributed by atoms with Crippen molar-refractivity contribution in [1.82, 2.24) is 25.2 Å². The van der Waals surface area contributed by atoms with Gasteiger partial charge >= 0.3 is 0 Å². The predicted molar refractivity (Wildman–Crippen MR) is 91.3 cm³/mol. The molecule has 1 atom stereocenters. The first-order valence-corrected chi connectivity index (χ1v) is 7.60. The molecule has 0 saturated carbocycles. The zero-order valence-electron chi connectivity index (χ0n) is 13.4. The van der Waals surface area contributed by atoms with E-state index in [1.54, 1.807) is 10.9 Å². The largest absolute Gasteiger partial charge is 0.337 e. The molecule has 0 spiro atoms. The van der Waals surface area contributed by atoms with Gasteiger partial charge in [-0.05, 0) is 45.0 Å². The summed E-state index contributed by atoms with van der Waals surface area (Å²) in [5.74, 6) is 0.498. The van der Waals surface area contributed by atoms with Crippen molar-refractivity contribution in [3.8, 4) is 5.69 Å². The van der Waals surface area contributed by atoms with Gasteiger partial charge in [0.15, 0.2) is 5.69 Å². The van der Waals surface area contributed by atoms with Gasteiger partial charge in [-0.1, -0.05) is 22.9 Å². The van der Waals surface area contributed by atoms with Crippen LogP contribution < -0.4 is 5.32 Å². The lowest BCUT2D eigenvalue weighted by Crippen LogP contribution is -2.30. The Bertz CT molecular complexity index is 655. The Morgan fingerprint density at radius 1 is 1.35 bits per heavy atom. The average Bonchev–Trinajstić information content (AvgIpc) is 3.17. The van der Waals surface area contributed by atoms with Crippen molar-refractivity contribution in [3.63, 3.8) is 0 Å². The summed E-state index contributed by atoms with van der Waals surface area (Å²) in [6.45, 7) is 4.56. The Hall–Kier alpha value is -1.92. The second-order valence-electron chi connectivity index (χ2n) is 5.85. The lowest BCUT2D eigenvalue weighted by atomic mass is 10.1. The Morgan fingerprint density at radius 2 is 2.09 bits per heavy atom. The molecule has 1 aliphatic heterocycles. The smallest absolute Gasteiger partial charge is 0.276 e. The number of hydrogen-bond donors (Lipinski definition) is 1. The number of aryl methyl sites for hydroxylation is 1. The van der Waals surface area contributed by atoms with Gasteiger partial charge in [0, 0.05) is 13.1 Å². The highest BCUT2D eigenvalue weighted by Gasteiger charge is 2.28. The van der Waals surface area contributed by atoms with Crippen LogP contribution in [0.25, 0.3) is 5.69 Å². The zero-order chi connectivity index (χ0) is 15.5. The molecule has 7 heteroatoms. The molecule has 1 aliphatic rings. The van der Waals surface area contributed by atoms with E-state index in [9.17, 15) is 4.79 Å². The summed E-state index contributed by atoms with van der Waals surface area (Å²) < 4.78 is 1.65. The molecule has 1 unspecified atom stereocenters. The predicted octanol–water partition coefficient (Wildman–Crippen LogP) is 1.68. The van der Waals surface area contributed by atoms with Gasteiger partial charge in [-0.25, -0.2) is 4.68 Å². The fraction of sp³-hybridized carbons (Fsp3) is 0.438. The number of amides is 1. The molecule has 0 bridgehead atoms. The van der Waals surface area contributed by atoms with Gasteiger partial charge < -0.3 is 10.2 Å². The normalized spacial score (nSPS) is 17.1. The van der Waals surface area contributed by atoms with Crippen molar-refractivity contribution >= 4 is 18.3 Å². The number of halogens is 1. The third-order valence-corrected chi connectivity index (χ3v) is 4.08. The maximum absolute atomic E-state index is 12.5. The number of nitrogens with zero attached hydrogens (tertiary/aromatic N) is 4. The Kier molecular flexibility index (Phi) is 5.74. The van der Waals surface area contributed by atoms with E-state index in [0.29, 0.717) is 11.6 Å². The Labute approximate surface area is 142 Å². The summed E-state index contributed by atoms with van der Waals surface area (Å²) in [6, 6.07) is 7.97. The highest BCUT2D eigenvalue weighted by atomic mass is 35.5. The number of likely N-dealkylation sites (tertiary alicyclic amines) is 1. The number of hydrogen-bond acceptors (Lipinski definition) is 4. The van der Waals surface area contributed by atoms with Gasteiger partial charge in [0.1, 0.15) is 0 Å². The number of carbonyl (C=O) groups is 1. The van der Waals surface area contributed by atoms with Crippen LogP contribution in [0.1, 0.15) is 22.5 Å². The van der Waals surface area contributed by atoms with Gasteiger partial charge in [-0.2, -0.15) is 0 Å². The average molecular weight is 336 g/mol. The van der Waals surface area contributed by atoms with E-state index in [0.717, 1.165) is 31.7 Å². The van der Waals surface area contributed by atoms with Crippen LogP contribution in [0.2, 0.25) is 0 Å². The molecule has 3 rings (SSSR count). The lowest BCUT2D eigenvalue weighted by molar-refractivity contribution is 0.0781. The number of aromatic nitrogens is 3. The van der Waals surface area contributed by atoms with E-state index in [2.05, 4.69) is 15.6 Å². The van der Waals surface area contributed by atoms with Crippen molar-refractivity contribution in [2.24, 2.45) is 5.92 Å². The summed E-state index contributed by atoms with van der Waals surface area (Å²) in [7, 11) is 1.94. The molecular weight excluding hydrogens is 314 g/mol. The molecule has 1 N–H and O–H groups in total. The number of nitrogens with one attached hydrogen (secondary N) is 1. The molecule has 1 saturated heterocycles. The van der Waals surface area contributed by atoms with Crippen LogP contribution in [0.3, 0.4) is 0 Å². The Morgan fingerprint density at radius 3 is 2.78 bits per heavy atom. The molecule has 0 radical (unpaired) electrons. The van der Waals surface area contributed by atoms with Crippen molar-refractivity contribution in [3.05, 3.63) is 41.7 Å². The molecule has 2 heterocycles. The van der Waals surface area contributed by atoms with E-state index in [1.165, 1.54) is 5.56 Å². The number of carbonyl (C=O) groups excluding carboxylic acids is 1. The van der Waals surface area contributed by atoms with Gasteiger partial charge in [0.2, 0.25) is 0 Å². The van der Waals surface area contributed by atoms with Gasteiger partial charge in [0.05, 0.1) is 11.9 Å². The topological polar surface area (TPSA) is 63.1 Å². The fourth-order valence-electron chi connectivity index (χ4n) is 2.82. The minimum atomic E-state index is -0.0306. The third-order valence-electron chi connectivity index (χ3n) is 4.08. The minimum Gasteiger partial charge on any atom is -0.337 e. The van der Waals surface area contributed by atoms with Crippen molar-refractivity contribution in [2.45, 2.75) is 13.3 Å². The Balaban J connectivity index is 0.00000192. The molecular formula is C16H22ClN5O. The summed E-state index contributed by atoms with van der Waals surface area (Å²) in [6.07, 6.45) is 2.75. The van der Waals surface area contributed by atoms with E-state index >= 15 is 0 Å². The van der Waals surface area contributed by atoms with Gasteiger partial charge in [-0.3, -0.25) is 4.79 Å². The van der Waals surface area contributed by atoms with Crippen molar-refractivity contribution < 1.29 is 4.79 Å². The zero-order valence-corrected chi connectivity index (χ0v) is 14.2. The van der Waals surface area contributed by atoms with Gasteiger partial charge in [-0.15, -0.1) is 17.5 Å². The van der Waals surface area contributed by atoms with Crippen LogP contribution in [0, 0.1) is 12.8 Å². The molecule has 6 nitrogen and oxygen atoms in total. The number of benzene rings is 1. The van der Waals surface area contributed by atoms with E-state index in [1.807, 2.05) is 43.1 Å². The van der Waals surface area contributed by atoms with E-state index in [4.69, 9.17) is 0 Å². The third kappa shape index (κ3) is 3.89. The van der Waals surface area contributed by atoms with E-state index < -0.39 is 0 Å². The quantitative estimate of drug-likeness (QED) is 0.923. The van der Waals surface area contributed by atoms with Crippen LogP contribution in [-0.4, -0.2) is 52.5 Å². The van der Waals surface area contributed by atoms with Crippen molar-refractivity contribution in [1.29, 1.82) is 0 Å². The molecule has 1 fully saturated rings. The summed E-state index contributed by atoms with van der Waals surface area (Å²) in [5, 5.41) is 11.3. The number of rotatable bonds is 4. The SMILES string of the molecule is CNCC1CCN(C(=O)c2cn(-c3ccc(C)cc3)nn2)C1.Cl. The van der Waals surface area contributed by atoms with Crippen LogP contribution in [-0.2, 0) is 0 Å². The molecule has 1 aromatic heterocycles. The standard InChI is InChI=1S/C16H21N5O.ClH/c1-12-3-5-14(6-4-12)21-11-15(18-19-21)16(22)20-8-7-13(10-20)9-17-2;/h3-6,11,13,17H,7-10H2,1-2H3;1H. The molecule has 23 heavy (non-hydrogen) atoms. The maximum atomic E-state index is 12.5. The second-order valence-corrected chi connectivity index (χ2v) is 5.85. The van der Waals surface area contributed by atoms with Crippen LogP contribution >= 0.6 is 12.4 Å².